The number of hydrogen-bond donors (Lipinski definition) is 1. The average molecular weight is 378 g/mol. The fourth-order valence-corrected chi connectivity index (χ4v) is 4.00. The van der Waals surface area contributed by atoms with E-state index in [-0.39, 0.29) is 22.6 Å². The highest BCUT2D eigenvalue weighted by atomic mass is 35.5. The van der Waals surface area contributed by atoms with Crippen LogP contribution in [0.1, 0.15) is 16.4 Å². The fourth-order valence-electron chi connectivity index (χ4n) is 2.78. The van der Waals surface area contributed by atoms with Crippen molar-refractivity contribution in [2.24, 2.45) is 7.05 Å². The van der Waals surface area contributed by atoms with Crippen molar-refractivity contribution in [2.45, 2.75) is 5.25 Å². The number of nitrogens with one attached hydrogen (secondary N) is 1. The molecule has 3 aromatic rings. The third-order valence-corrected chi connectivity index (χ3v) is 5.41. The van der Waals surface area contributed by atoms with Crippen LogP contribution in [0.15, 0.2) is 36.8 Å². The molecule has 1 amide bonds. The fraction of sp³-hybridized carbons (Fsp3) is 0.188. The normalized spacial score (nSPS) is 17.1. The van der Waals surface area contributed by atoms with Crippen molar-refractivity contribution in [2.75, 3.05) is 11.1 Å². The summed E-state index contributed by atoms with van der Waals surface area (Å²) < 4.78 is 17.4. The molecule has 1 N–H and O–H groups in total. The highest BCUT2D eigenvalue weighted by Gasteiger charge is 2.29. The van der Waals surface area contributed by atoms with Crippen molar-refractivity contribution in [1.29, 1.82) is 0 Å². The number of thioether (sulfide) groups is 1. The molecule has 0 spiro atoms. The van der Waals surface area contributed by atoms with Gasteiger partial charge in [0.05, 0.1) is 23.4 Å². The van der Waals surface area contributed by atoms with Crippen molar-refractivity contribution in [3.8, 4) is 5.69 Å². The minimum Gasteiger partial charge on any atom is -0.310 e. The van der Waals surface area contributed by atoms with Gasteiger partial charge >= 0.3 is 0 Å². The molecule has 4 rings (SSSR count). The second kappa shape index (κ2) is 6.20. The summed E-state index contributed by atoms with van der Waals surface area (Å²) >= 11 is 7.31. The lowest BCUT2D eigenvalue weighted by molar-refractivity contribution is -0.113. The van der Waals surface area contributed by atoms with Crippen LogP contribution in [0.3, 0.4) is 0 Å². The van der Waals surface area contributed by atoms with Crippen LogP contribution in [0, 0.1) is 5.82 Å². The van der Waals surface area contributed by atoms with Gasteiger partial charge in [-0.15, -0.1) is 11.8 Å². The summed E-state index contributed by atoms with van der Waals surface area (Å²) in [4.78, 5) is 12.1. The van der Waals surface area contributed by atoms with Gasteiger partial charge in [-0.05, 0) is 18.2 Å². The maximum Gasteiger partial charge on any atom is 0.235 e. The second-order valence-corrected chi connectivity index (χ2v) is 7.17. The van der Waals surface area contributed by atoms with E-state index in [4.69, 9.17) is 11.6 Å². The molecule has 0 aliphatic carbocycles. The molecule has 3 heterocycles. The van der Waals surface area contributed by atoms with E-state index in [1.165, 1.54) is 28.6 Å². The lowest BCUT2D eigenvalue weighted by atomic mass is 10.1. The Balaban J connectivity index is 1.85. The summed E-state index contributed by atoms with van der Waals surface area (Å²) in [5.41, 5.74) is 1.99. The largest absolute Gasteiger partial charge is 0.310 e. The Hall–Kier alpha value is -2.32. The molecule has 1 unspecified atom stereocenters. The first-order chi connectivity index (χ1) is 12.0. The molecule has 0 radical (unpaired) electrons. The van der Waals surface area contributed by atoms with Gasteiger partial charge < -0.3 is 5.32 Å². The predicted molar refractivity (Wildman–Crippen MR) is 94.7 cm³/mol. The van der Waals surface area contributed by atoms with Crippen LogP contribution in [0.4, 0.5) is 10.2 Å². The van der Waals surface area contributed by atoms with Crippen LogP contribution in [0.5, 0.6) is 0 Å². The first-order valence-corrected chi connectivity index (χ1v) is 8.89. The second-order valence-electron chi connectivity index (χ2n) is 5.64. The number of carbonyl (C=O) groups is 1. The van der Waals surface area contributed by atoms with E-state index in [1.807, 2.05) is 13.2 Å². The molecule has 2 aromatic heterocycles. The van der Waals surface area contributed by atoms with Crippen LogP contribution >= 0.6 is 23.4 Å². The van der Waals surface area contributed by atoms with E-state index >= 15 is 0 Å². The first-order valence-electron chi connectivity index (χ1n) is 7.46. The summed E-state index contributed by atoms with van der Waals surface area (Å²) in [5.74, 6) is 0.0819. The van der Waals surface area contributed by atoms with Crippen molar-refractivity contribution >= 4 is 35.1 Å². The lowest BCUT2D eigenvalue weighted by Gasteiger charge is -2.12. The molecule has 0 saturated heterocycles. The van der Waals surface area contributed by atoms with E-state index in [0.717, 1.165) is 11.1 Å². The molecular weight excluding hydrogens is 365 g/mol. The number of halogens is 2. The molecule has 1 aliphatic rings. The lowest BCUT2D eigenvalue weighted by Crippen LogP contribution is -2.16. The summed E-state index contributed by atoms with van der Waals surface area (Å²) in [6.45, 7) is 0. The molecule has 1 aliphatic heterocycles. The molecule has 0 bridgehead atoms. The number of rotatable bonds is 2. The first kappa shape index (κ1) is 16.2. The Morgan fingerprint density at radius 1 is 1.36 bits per heavy atom. The number of nitrogens with zero attached hydrogens (tertiary/aromatic N) is 4. The molecule has 25 heavy (non-hydrogen) atoms. The zero-order valence-electron chi connectivity index (χ0n) is 13.1. The van der Waals surface area contributed by atoms with E-state index in [2.05, 4.69) is 15.5 Å². The third-order valence-electron chi connectivity index (χ3n) is 3.88. The molecule has 128 valence electrons. The Bertz CT molecular complexity index is 969. The van der Waals surface area contributed by atoms with Gasteiger partial charge in [0.15, 0.2) is 0 Å². The highest BCUT2D eigenvalue weighted by molar-refractivity contribution is 8.00. The minimum absolute atomic E-state index is 0.119. The van der Waals surface area contributed by atoms with Crippen LogP contribution in [-0.4, -0.2) is 31.2 Å². The quantitative estimate of drug-likeness (QED) is 0.745. The van der Waals surface area contributed by atoms with Crippen LogP contribution < -0.4 is 5.32 Å². The van der Waals surface area contributed by atoms with Crippen molar-refractivity contribution in [3.63, 3.8) is 0 Å². The Labute approximate surface area is 152 Å². The van der Waals surface area contributed by atoms with Crippen LogP contribution in [0.25, 0.3) is 5.69 Å². The van der Waals surface area contributed by atoms with E-state index in [1.54, 1.807) is 23.1 Å². The van der Waals surface area contributed by atoms with Crippen molar-refractivity contribution in [3.05, 3.63) is 58.8 Å². The SMILES string of the molecule is Cn1cc(C2SCC(=O)Nc3c2cnn3-c2ccc(Cl)cc2F)cn1. The molecule has 0 saturated carbocycles. The van der Waals surface area contributed by atoms with Gasteiger partial charge in [0, 0.05) is 29.4 Å². The van der Waals surface area contributed by atoms with Gasteiger partial charge in [-0.1, -0.05) is 11.6 Å². The number of anilines is 1. The number of hydrogen-bond acceptors (Lipinski definition) is 4. The maximum atomic E-state index is 14.3. The Morgan fingerprint density at radius 3 is 2.92 bits per heavy atom. The zero-order valence-corrected chi connectivity index (χ0v) is 14.7. The smallest absolute Gasteiger partial charge is 0.235 e. The van der Waals surface area contributed by atoms with E-state index < -0.39 is 5.82 Å². The molecule has 0 fully saturated rings. The van der Waals surface area contributed by atoms with E-state index in [0.29, 0.717) is 10.8 Å². The predicted octanol–water partition coefficient (Wildman–Crippen LogP) is 3.17. The van der Waals surface area contributed by atoms with Crippen molar-refractivity contribution in [1.82, 2.24) is 19.6 Å². The third kappa shape index (κ3) is 2.91. The van der Waals surface area contributed by atoms with Gasteiger partial charge in [0.25, 0.3) is 0 Å². The van der Waals surface area contributed by atoms with Crippen molar-refractivity contribution < 1.29 is 9.18 Å². The number of amides is 1. The summed E-state index contributed by atoms with van der Waals surface area (Å²) in [5, 5.41) is 11.5. The standard InChI is InChI=1S/C16H13ClFN5OS/c1-22-7-9(5-19-22)15-11-6-20-23(16(11)21-14(24)8-25-15)13-3-2-10(17)4-12(13)18/h2-7,15H,8H2,1H3,(H,21,24). The number of benzene rings is 1. The summed E-state index contributed by atoms with van der Waals surface area (Å²) in [6, 6.07) is 4.34. The van der Waals surface area contributed by atoms with E-state index in [9.17, 15) is 9.18 Å². The summed E-state index contributed by atoms with van der Waals surface area (Å²) in [7, 11) is 1.84. The Morgan fingerprint density at radius 2 is 2.20 bits per heavy atom. The van der Waals surface area contributed by atoms with Gasteiger partial charge in [-0.2, -0.15) is 10.2 Å². The zero-order chi connectivity index (χ0) is 17.6. The maximum absolute atomic E-state index is 14.3. The number of aromatic nitrogens is 4. The topological polar surface area (TPSA) is 64.7 Å². The number of fused-ring (bicyclic) bond motifs is 1. The van der Waals surface area contributed by atoms with Gasteiger partial charge in [-0.25, -0.2) is 9.07 Å². The van der Waals surface area contributed by atoms with Gasteiger partial charge in [-0.3, -0.25) is 9.48 Å². The number of aryl methyl sites for hydroxylation is 1. The number of carbonyl (C=O) groups excluding carboxylic acids is 1. The molecule has 9 heteroatoms. The molecular formula is C16H13ClFN5OS. The Kier molecular flexibility index (Phi) is 4.01. The van der Waals surface area contributed by atoms with Gasteiger partial charge in [0.1, 0.15) is 17.3 Å². The molecule has 6 nitrogen and oxygen atoms in total. The van der Waals surface area contributed by atoms with Crippen LogP contribution in [0.2, 0.25) is 5.02 Å². The molecule has 1 atom stereocenters. The van der Waals surface area contributed by atoms with Gasteiger partial charge in [0.2, 0.25) is 5.91 Å². The highest BCUT2D eigenvalue weighted by Crippen LogP contribution is 2.42. The summed E-state index contributed by atoms with van der Waals surface area (Å²) in [6.07, 6.45) is 5.31. The molecule has 1 aromatic carbocycles. The van der Waals surface area contributed by atoms with Crippen LogP contribution in [-0.2, 0) is 11.8 Å². The minimum atomic E-state index is -0.512. The monoisotopic (exact) mass is 377 g/mol. The average Bonchev–Trinajstić information content (AvgIpc) is 3.12.